The van der Waals surface area contributed by atoms with E-state index in [9.17, 15) is 55.5 Å². The number of ether oxygens (including phenoxy) is 8. The molecule has 0 unspecified atom stereocenters. The Kier molecular flexibility index (Phi) is 27.5. The van der Waals surface area contributed by atoms with Gasteiger partial charge >= 0.3 is 0 Å². The molecule has 0 aliphatic carbocycles. The van der Waals surface area contributed by atoms with Crippen LogP contribution in [-0.2, 0) is 68.6 Å². The fourth-order valence-electron chi connectivity index (χ4n) is 16.0. The third kappa shape index (κ3) is 19.9. The Bertz CT molecular complexity index is 5170. The van der Waals surface area contributed by atoms with Crippen LogP contribution in [0.15, 0.2) is 133 Å². The molecule has 36 nitrogen and oxygen atoms in total. The summed E-state index contributed by atoms with van der Waals surface area (Å²) in [5.74, 6) is -14.3. The second-order valence-corrected chi connectivity index (χ2v) is 33.6. The summed E-state index contributed by atoms with van der Waals surface area (Å²) in [6.07, 6.45) is -22.4. The molecule has 3 fully saturated rings. The molecule has 0 radical (unpaired) electrons. The van der Waals surface area contributed by atoms with Crippen molar-refractivity contribution in [1.82, 2.24) is 42.5 Å². The number of aliphatic hydroxyl groups excluding tert-OH is 6. The van der Waals surface area contributed by atoms with Gasteiger partial charge in [-0.3, -0.25) is 38.4 Å². The van der Waals surface area contributed by atoms with Crippen molar-refractivity contribution in [3.8, 4) is 68.2 Å². The Labute approximate surface area is 720 Å². The Balaban J connectivity index is 1.03. The third-order valence-electron chi connectivity index (χ3n) is 22.7. The first-order valence-electron chi connectivity index (χ1n) is 40.0. The minimum Gasteiger partial charge on any atom is -0.508 e. The van der Waals surface area contributed by atoms with E-state index < -0.39 is 245 Å². The van der Waals surface area contributed by atoms with Crippen LogP contribution in [0.4, 0.5) is 0 Å². The standard InChI is InChI=1S/C86H99Cl2N11O25/c1-36(2)24-52(92-7)77(110)98-67-69(105)44-17-23-56(51(88)26-44)120-58-28-45-27-57(73(58)124-84-74(71(107)70(106)59(35-100)121-84)123-62-33-86(6,91)76(109)38(4)118-62)119-48-20-14-42(15-21-48)72(122-61-32-85(5,90)75(108)37(3)117-61)68-83(116)97-66(79(112)93-34-39-8-10-40(11-9-39)41-12-18-46(87)19-13-41)50-29-47(101)30-55(103)63(50)49-25-43(16-22-54(49)102)64(80(113)99-68)96-81(114)65(45)95-78(111)53(31-60(89)104)94-82(67)115/h8-23,25-30,36-38,52-53,59,61-62,64-72,74-76,84,92,100-103,105-109H,24,31-35,90-91H2,1-7H3,(H2,89,104)(H,93,112)(H,94,115)(H,95,111)(H,96,114)(H,97,116)(H,98,110)(H,99,113)/t37-,38-,52+,53-,59+,61-,62-,64+,65+,66-,67+,68-,69+,70+,71-,72+,74+,75-,76-,84-,85-,86-/m0/s1. The number of phenolic OH excluding ortho intramolecular Hbond substituents is 3. The number of hydrogen-bond donors (Lipinski definition) is 20. The van der Waals surface area contributed by atoms with Gasteiger partial charge in [0.05, 0.1) is 48.5 Å². The van der Waals surface area contributed by atoms with E-state index in [0.29, 0.717) is 10.6 Å². The largest absolute Gasteiger partial charge is 0.508 e. The van der Waals surface area contributed by atoms with Crippen molar-refractivity contribution < 1.29 is 122 Å². The molecular formula is C86H99Cl2N11O25. The lowest BCUT2D eigenvalue weighted by Crippen LogP contribution is -2.64. The van der Waals surface area contributed by atoms with Crippen molar-refractivity contribution >= 4 is 70.5 Å². The average Bonchev–Trinajstić information content (AvgIpc) is 0.765. The average molecular weight is 1760 g/mol. The first-order chi connectivity index (χ1) is 58.8. The van der Waals surface area contributed by atoms with E-state index in [-0.39, 0.29) is 70.5 Å². The van der Waals surface area contributed by atoms with Gasteiger partial charge in [-0.2, -0.15) is 0 Å². The van der Waals surface area contributed by atoms with Gasteiger partial charge in [0, 0.05) is 52.7 Å². The van der Waals surface area contributed by atoms with Gasteiger partial charge in [-0.25, -0.2) is 0 Å². The van der Waals surface area contributed by atoms with E-state index >= 15 is 28.8 Å². The van der Waals surface area contributed by atoms with Gasteiger partial charge in [0.1, 0.15) is 95.5 Å². The van der Waals surface area contributed by atoms with E-state index in [4.69, 9.17) is 78.3 Å². The lowest BCUT2D eigenvalue weighted by molar-refractivity contribution is -0.333. The maximum absolute atomic E-state index is 16.6. The van der Waals surface area contributed by atoms with Crippen molar-refractivity contribution in [2.24, 2.45) is 23.1 Å². The van der Waals surface area contributed by atoms with Gasteiger partial charge in [-0.05, 0) is 158 Å². The fraction of sp³-hybridized carbons (Fsp3) is 0.419. The number of primary amides is 1. The number of carbonyl (C=O) groups excluding carboxylic acids is 8. The predicted molar refractivity (Wildman–Crippen MR) is 442 cm³/mol. The molecule has 0 saturated carbocycles. The molecule has 124 heavy (non-hydrogen) atoms. The molecule has 38 heteroatoms. The summed E-state index contributed by atoms with van der Waals surface area (Å²) in [7, 11) is 1.48. The van der Waals surface area contributed by atoms with Gasteiger partial charge in [-0.1, -0.05) is 97.7 Å². The zero-order chi connectivity index (χ0) is 89.4. The highest BCUT2D eigenvalue weighted by Gasteiger charge is 2.53. The van der Waals surface area contributed by atoms with E-state index in [1.54, 1.807) is 36.4 Å². The summed E-state index contributed by atoms with van der Waals surface area (Å²) in [5, 5.41) is 127. The van der Waals surface area contributed by atoms with Crippen LogP contribution in [0.2, 0.25) is 10.0 Å². The molecule has 7 aromatic rings. The molecular weight excluding hydrogens is 1660 g/mol. The molecule has 662 valence electrons. The van der Waals surface area contributed by atoms with Gasteiger partial charge in [-0.15, -0.1) is 0 Å². The highest BCUT2D eigenvalue weighted by molar-refractivity contribution is 6.32. The zero-order valence-electron chi connectivity index (χ0n) is 68.1. The molecule has 8 aliphatic rings. The number of likely N-dealkylation sites (N-methyl/N-ethyl adjacent to an activating group) is 1. The molecule has 11 bridgehead atoms. The highest BCUT2D eigenvalue weighted by atomic mass is 35.5. The summed E-state index contributed by atoms with van der Waals surface area (Å²) in [6.45, 7) is 8.52. The molecule has 0 spiro atoms. The molecule has 8 aliphatic heterocycles. The van der Waals surface area contributed by atoms with Gasteiger partial charge in [0.15, 0.2) is 30.2 Å². The minimum atomic E-state index is -2.35. The Morgan fingerprint density at radius 3 is 1.84 bits per heavy atom. The number of aromatic hydroxyl groups is 3. The topological polar surface area (TPSA) is 567 Å². The molecule has 8 amide bonds. The number of aliphatic hydroxyl groups is 6. The summed E-state index contributed by atoms with van der Waals surface area (Å²) in [6, 6.07) is 16.6. The van der Waals surface area contributed by atoms with Crippen LogP contribution in [0, 0.1) is 5.92 Å². The summed E-state index contributed by atoms with van der Waals surface area (Å²) in [5.41, 5.74) is 16.4. The van der Waals surface area contributed by atoms with Crippen molar-refractivity contribution in [3.05, 3.63) is 177 Å². The summed E-state index contributed by atoms with van der Waals surface area (Å²) < 4.78 is 52.4. The van der Waals surface area contributed by atoms with E-state index in [2.05, 4.69) is 42.5 Å². The second-order valence-electron chi connectivity index (χ2n) is 32.7. The molecule has 3 saturated heterocycles. The quantitative estimate of drug-likeness (QED) is 0.0586. The number of phenols is 3. The van der Waals surface area contributed by atoms with Crippen LogP contribution in [0.5, 0.6) is 46.0 Å². The zero-order valence-corrected chi connectivity index (χ0v) is 69.6. The maximum Gasteiger partial charge on any atom is 0.248 e. The van der Waals surface area contributed by atoms with Gasteiger partial charge < -0.3 is 144 Å². The third-order valence-corrected chi connectivity index (χ3v) is 23.2. The van der Waals surface area contributed by atoms with Crippen molar-refractivity contribution in [1.29, 1.82) is 0 Å². The predicted octanol–water partition coefficient (Wildman–Crippen LogP) is 3.24. The maximum atomic E-state index is 16.6. The van der Waals surface area contributed by atoms with Crippen LogP contribution in [0.3, 0.4) is 0 Å². The van der Waals surface area contributed by atoms with Crippen molar-refractivity contribution in [2.45, 2.75) is 207 Å². The molecule has 7 aromatic carbocycles. The molecule has 22 atom stereocenters. The van der Waals surface area contributed by atoms with Crippen molar-refractivity contribution in [3.63, 3.8) is 0 Å². The van der Waals surface area contributed by atoms with E-state index in [0.717, 1.165) is 59.7 Å². The van der Waals surface area contributed by atoms with Crippen LogP contribution in [0.1, 0.15) is 131 Å². The molecule has 23 N–H and O–H groups in total. The number of hydrogen-bond acceptors (Lipinski definition) is 28. The lowest BCUT2D eigenvalue weighted by Gasteiger charge is -2.47. The molecule has 15 rings (SSSR count). The number of nitrogens with one attached hydrogen (secondary N) is 8. The van der Waals surface area contributed by atoms with E-state index in [1.165, 1.54) is 71.1 Å². The summed E-state index contributed by atoms with van der Waals surface area (Å²) in [4.78, 5) is 123. The van der Waals surface area contributed by atoms with Crippen molar-refractivity contribution in [2.75, 3.05) is 13.7 Å². The smallest absolute Gasteiger partial charge is 0.248 e. The Hall–Kier alpha value is -10.9. The van der Waals surface area contributed by atoms with E-state index in [1.807, 2.05) is 26.0 Å². The number of rotatable bonds is 18. The minimum absolute atomic E-state index is 0.00847. The number of halogens is 2. The SMILES string of the molecule is CN[C@H](CC(C)C)C(=O)N[C@H]1C(=O)N[C@@H](CC(N)=O)C(=O)N[C@H]2C(=O)N[C@H]3C(=O)N[C@H](C(=O)N[C@H](C(=O)NCc4ccc(-c5ccc(Cl)cc5)cc4)c4cc(O)cc(O)c4-c4cc3ccc4O)[C@H](O[C@H]3C[C@](C)(N)[C@@H](O)[C@H](C)O3)c3ccc(cc3)Oc3cc2cc(c3O[C@@H]2O[C@H](CO)[C@@H](O)[C@H](O)[C@H]2O[C@H]2C[C@](C)(N)[C@@H](O)[C@H](C)O2)Oc2ccc(cc2Cl)[C@H]1O. The Morgan fingerprint density at radius 1 is 0.629 bits per heavy atom. The second kappa shape index (κ2) is 37.5. The van der Waals surface area contributed by atoms with Crippen LogP contribution >= 0.6 is 23.2 Å². The molecule has 8 heterocycles. The number of nitrogens with two attached hydrogens (primary N) is 3. The van der Waals surface area contributed by atoms with Gasteiger partial charge in [0.25, 0.3) is 0 Å². The number of amides is 8. The number of fused-ring (bicyclic) bond motifs is 15. The van der Waals surface area contributed by atoms with Crippen LogP contribution < -0.4 is 73.9 Å². The Morgan fingerprint density at radius 2 is 1.23 bits per heavy atom. The first-order valence-corrected chi connectivity index (χ1v) is 40.8. The fourth-order valence-corrected chi connectivity index (χ4v) is 16.3. The van der Waals surface area contributed by atoms with Crippen LogP contribution in [-0.4, -0.2) is 210 Å². The monoisotopic (exact) mass is 1760 g/mol. The van der Waals surface area contributed by atoms with Crippen LogP contribution in [0.25, 0.3) is 22.3 Å². The highest BCUT2D eigenvalue weighted by Crippen LogP contribution is 2.50. The van der Waals surface area contributed by atoms with Gasteiger partial charge in [0.2, 0.25) is 59.3 Å². The first kappa shape index (κ1) is 90.8. The number of carbonyl (C=O) groups is 8. The lowest BCUT2D eigenvalue weighted by atomic mass is 9.86. The molecule has 0 aromatic heterocycles. The number of benzene rings is 7. The summed E-state index contributed by atoms with van der Waals surface area (Å²) >= 11 is 13.4. The normalized spacial score (nSPS) is 29.9.